The van der Waals surface area contributed by atoms with Crippen LogP contribution in [0.3, 0.4) is 0 Å². The van der Waals surface area contributed by atoms with Gasteiger partial charge in [0.2, 0.25) is 0 Å². The van der Waals surface area contributed by atoms with E-state index in [4.69, 9.17) is 0 Å². The summed E-state index contributed by atoms with van der Waals surface area (Å²) in [4.78, 5) is 0. The van der Waals surface area contributed by atoms with Gasteiger partial charge in [-0.3, -0.25) is 0 Å². The van der Waals surface area contributed by atoms with Gasteiger partial charge in [0.25, 0.3) is 0 Å². The minimum Gasteiger partial charge on any atom is -0.0988 e. The Morgan fingerprint density at radius 3 is 2.23 bits per heavy atom. The zero-order valence-electron chi connectivity index (χ0n) is 9.43. The monoisotopic (exact) mass is 178 g/mol. The van der Waals surface area contributed by atoms with Crippen LogP contribution in [0, 0.1) is 5.92 Å². The highest BCUT2D eigenvalue weighted by Gasteiger charge is 2.08. The molecule has 0 nitrogen and oxygen atoms in total. The lowest BCUT2D eigenvalue weighted by molar-refractivity contribution is 0.596. The highest BCUT2D eigenvalue weighted by molar-refractivity contribution is 5.20. The quantitative estimate of drug-likeness (QED) is 0.429. The molecule has 0 spiro atoms. The summed E-state index contributed by atoms with van der Waals surface area (Å²) in [6.07, 6.45) is 8.70. The van der Waals surface area contributed by atoms with Crippen molar-refractivity contribution in [2.75, 3.05) is 0 Å². The van der Waals surface area contributed by atoms with Crippen molar-refractivity contribution in [2.24, 2.45) is 5.92 Å². The second-order valence-corrected chi connectivity index (χ2v) is 3.44. The molecule has 0 aromatic rings. The molecular formula is C13H22. The third kappa shape index (κ3) is 4.12. The van der Waals surface area contributed by atoms with E-state index in [9.17, 15) is 0 Å². The minimum atomic E-state index is 0.652. The first kappa shape index (κ1) is 12.2. The summed E-state index contributed by atoms with van der Waals surface area (Å²) in [5.41, 5.74) is 2.84. The van der Waals surface area contributed by atoms with Crippen molar-refractivity contribution in [2.45, 2.75) is 40.5 Å². The minimum absolute atomic E-state index is 0.652. The molecular weight excluding hydrogens is 156 g/mol. The van der Waals surface area contributed by atoms with E-state index in [1.54, 1.807) is 0 Å². The Labute approximate surface area is 83.0 Å². The Balaban J connectivity index is 4.42. The molecule has 0 aliphatic carbocycles. The van der Waals surface area contributed by atoms with Crippen LogP contribution in [0.1, 0.15) is 40.5 Å². The van der Waals surface area contributed by atoms with Gasteiger partial charge in [-0.15, -0.1) is 0 Å². The van der Waals surface area contributed by atoms with E-state index >= 15 is 0 Å². The molecule has 0 radical (unpaired) electrons. The normalized spacial score (nSPS) is 15.7. The predicted octanol–water partition coefficient (Wildman–Crippen LogP) is 4.50. The van der Waals surface area contributed by atoms with Crippen molar-refractivity contribution in [3.8, 4) is 0 Å². The molecule has 1 atom stereocenters. The van der Waals surface area contributed by atoms with E-state index in [0.29, 0.717) is 5.92 Å². The molecule has 0 aromatic heterocycles. The van der Waals surface area contributed by atoms with E-state index < -0.39 is 0 Å². The molecule has 0 aromatic carbocycles. The van der Waals surface area contributed by atoms with Gasteiger partial charge in [0.15, 0.2) is 0 Å². The van der Waals surface area contributed by atoms with Crippen LogP contribution in [0.2, 0.25) is 0 Å². The highest BCUT2D eigenvalue weighted by atomic mass is 14.1. The summed E-state index contributed by atoms with van der Waals surface area (Å²) in [7, 11) is 0. The van der Waals surface area contributed by atoms with E-state index in [0.717, 1.165) is 0 Å². The van der Waals surface area contributed by atoms with Crippen LogP contribution in [0.5, 0.6) is 0 Å². The summed E-state index contributed by atoms with van der Waals surface area (Å²) >= 11 is 0. The average molecular weight is 178 g/mol. The molecule has 74 valence electrons. The zero-order valence-corrected chi connectivity index (χ0v) is 9.43. The summed E-state index contributed by atoms with van der Waals surface area (Å²) in [5.74, 6) is 0.652. The van der Waals surface area contributed by atoms with E-state index in [1.165, 1.54) is 24.0 Å². The van der Waals surface area contributed by atoms with Gasteiger partial charge in [0.1, 0.15) is 0 Å². The van der Waals surface area contributed by atoms with Gasteiger partial charge in [-0.05, 0) is 45.1 Å². The van der Waals surface area contributed by atoms with Crippen LogP contribution < -0.4 is 0 Å². The fourth-order valence-corrected chi connectivity index (χ4v) is 1.52. The SMILES string of the molecule is C=C/C(=C/C)C(CC)C/C(C)=C/C. The second-order valence-electron chi connectivity index (χ2n) is 3.44. The molecule has 0 aliphatic heterocycles. The fourth-order valence-electron chi connectivity index (χ4n) is 1.52. The molecule has 0 saturated carbocycles. The van der Waals surface area contributed by atoms with Crippen LogP contribution in [-0.4, -0.2) is 0 Å². The predicted molar refractivity (Wildman–Crippen MR) is 61.8 cm³/mol. The lowest BCUT2D eigenvalue weighted by atomic mass is 9.89. The lowest BCUT2D eigenvalue weighted by Gasteiger charge is -2.16. The Morgan fingerprint density at radius 1 is 1.31 bits per heavy atom. The molecule has 0 fully saturated rings. The maximum atomic E-state index is 3.85. The van der Waals surface area contributed by atoms with Gasteiger partial charge in [-0.1, -0.05) is 37.3 Å². The van der Waals surface area contributed by atoms with Gasteiger partial charge in [0.05, 0.1) is 0 Å². The largest absolute Gasteiger partial charge is 0.0988 e. The topological polar surface area (TPSA) is 0 Å². The Bertz CT molecular complexity index is 206. The first-order valence-electron chi connectivity index (χ1n) is 5.09. The molecule has 0 saturated heterocycles. The molecule has 13 heavy (non-hydrogen) atoms. The van der Waals surface area contributed by atoms with Crippen LogP contribution in [0.15, 0.2) is 36.0 Å². The number of allylic oxidation sites excluding steroid dienone is 5. The van der Waals surface area contributed by atoms with Crippen molar-refractivity contribution >= 4 is 0 Å². The smallest absolute Gasteiger partial charge is 0.0131 e. The number of hydrogen-bond acceptors (Lipinski definition) is 0. The number of rotatable bonds is 5. The molecule has 0 heterocycles. The van der Waals surface area contributed by atoms with Crippen LogP contribution in [0.4, 0.5) is 0 Å². The summed E-state index contributed by atoms with van der Waals surface area (Å²) in [6.45, 7) is 12.5. The first-order valence-corrected chi connectivity index (χ1v) is 5.09. The summed E-state index contributed by atoms with van der Waals surface area (Å²) in [6, 6.07) is 0. The molecule has 0 rings (SSSR count). The van der Waals surface area contributed by atoms with Crippen LogP contribution in [-0.2, 0) is 0 Å². The fraction of sp³-hybridized carbons (Fsp3) is 0.538. The maximum absolute atomic E-state index is 3.85. The highest BCUT2D eigenvalue weighted by Crippen LogP contribution is 2.23. The van der Waals surface area contributed by atoms with Crippen molar-refractivity contribution in [1.82, 2.24) is 0 Å². The standard InChI is InChI=1S/C13H22/c1-6-11(5)10-13(9-4)12(7-2)8-3/h6-8,13H,2,9-10H2,1,3-5H3/b11-6+,12-8-. The average Bonchev–Trinajstić information content (AvgIpc) is 2.17. The number of hydrogen-bond donors (Lipinski definition) is 0. The van der Waals surface area contributed by atoms with E-state index in [1.807, 2.05) is 6.08 Å². The maximum Gasteiger partial charge on any atom is -0.0131 e. The zero-order chi connectivity index (χ0) is 10.3. The molecule has 0 aliphatic rings. The van der Waals surface area contributed by atoms with E-state index in [-0.39, 0.29) is 0 Å². The summed E-state index contributed by atoms with van der Waals surface area (Å²) in [5, 5.41) is 0. The van der Waals surface area contributed by atoms with Crippen molar-refractivity contribution in [3.05, 3.63) is 36.0 Å². The summed E-state index contributed by atoms with van der Waals surface area (Å²) < 4.78 is 0. The Morgan fingerprint density at radius 2 is 1.92 bits per heavy atom. The van der Waals surface area contributed by atoms with Crippen molar-refractivity contribution in [1.29, 1.82) is 0 Å². The van der Waals surface area contributed by atoms with Gasteiger partial charge in [0, 0.05) is 0 Å². The van der Waals surface area contributed by atoms with Gasteiger partial charge >= 0.3 is 0 Å². The van der Waals surface area contributed by atoms with Crippen molar-refractivity contribution < 1.29 is 0 Å². The van der Waals surface area contributed by atoms with Crippen LogP contribution in [0.25, 0.3) is 0 Å². The lowest BCUT2D eigenvalue weighted by Crippen LogP contribution is -2.01. The van der Waals surface area contributed by atoms with Crippen LogP contribution >= 0.6 is 0 Å². The first-order chi connectivity index (χ1) is 6.19. The molecule has 0 amide bonds. The molecule has 0 bridgehead atoms. The third-order valence-electron chi connectivity index (χ3n) is 2.59. The molecule has 0 N–H and O–H groups in total. The second kappa shape index (κ2) is 6.71. The van der Waals surface area contributed by atoms with Gasteiger partial charge in [-0.25, -0.2) is 0 Å². The third-order valence-corrected chi connectivity index (χ3v) is 2.59. The van der Waals surface area contributed by atoms with Gasteiger partial charge < -0.3 is 0 Å². The van der Waals surface area contributed by atoms with Gasteiger partial charge in [-0.2, -0.15) is 0 Å². The van der Waals surface area contributed by atoms with Crippen molar-refractivity contribution in [3.63, 3.8) is 0 Å². The molecule has 0 heteroatoms. The Hall–Kier alpha value is -0.780. The van der Waals surface area contributed by atoms with E-state index in [2.05, 4.69) is 46.4 Å². The molecule has 1 unspecified atom stereocenters. The Kier molecular flexibility index (Phi) is 6.30.